The largest absolute Gasteiger partial charge is 0.391 e. The van der Waals surface area contributed by atoms with Crippen molar-refractivity contribution in [3.8, 4) is 0 Å². The van der Waals surface area contributed by atoms with Gasteiger partial charge in [0.2, 0.25) is 10.0 Å². The van der Waals surface area contributed by atoms with Gasteiger partial charge in [-0.3, -0.25) is 4.90 Å². The molecule has 0 spiro atoms. The maximum Gasteiger partial charge on any atom is 0.243 e. The van der Waals surface area contributed by atoms with Gasteiger partial charge in [-0.05, 0) is 37.9 Å². The summed E-state index contributed by atoms with van der Waals surface area (Å²) in [6.07, 6.45) is 4.69. The molecule has 128 valence electrons. The van der Waals surface area contributed by atoms with E-state index >= 15 is 0 Å². The fourth-order valence-electron chi connectivity index (χ4n) is 3.74. The predicted octanol–water partition coefficient (Wildman–Crippen LogP) is 1.69. The molecule has 0 radical (unpaired) electrons. The Balaban J connectivity index is 1.69. The van der Waals surface area contributed by atoms with Crippen molar-refractivity contribution < 1.29 is 13.5 Å². The SMILES string of the molecule is O=S(=O)(c1ccccc1)N1CCCN(C2CCCCC2O)CC1. The molecule has 6 heteroatoms. The van der Waals surface area contributed by atoms with Crippen LogP contribution in [0.2, 0.25) is 0 Å². The van der Waals surface area contributed by atoms with Gasteiger partial charge in [-0.15, -0.1) is 0 Å². The van der Waals surface area contributed by atoms with E-state index < -0.39 is 10.0 Å². The van der Waals surface area contributed by atoms with Gasteiger partial charge in [0.15, 0.2) is 0 Å². The Labute approximate surface area is 139 Å². The Morgan fingerprint density at radius 2 is 1.65 bits per heavy atom. The van der Waals surface area contributed by atoms with Crippen LogP contribution in [0.25, 0.3) is 0 Å². The van der Waals surface area contributed by atoms with Crippen molar-refractivity contribution in [3.63, 3.8) is 0 Å². The van der Waals surface area contributed by atoms with E-state index in [2.05, 4.69) is 4.90 Å². The molecular formula is C17H26N2O3S. The third-order valence-electron chi connectivity index (χ3n) is 5.03. The van der Waals surface area contributed by atoms with Crippen LogP contribution in [0, 0.1) is 0 Å². The molecule has 1 aromatic rings. The number of nitrogens with zero attached hydrogens (tertiary/aromatic N) is 2. The van der Waals surface area contributed by atoms with E-state index in [0.717, 1.165) is 38.6 Å². The van der Waals surface area contributed by atoms with Crippen LogP contribution < -0.4 is 0 Å². The molecule has 1 aliphatic carbocycles. The predicted molar refractivity (Wildman–Crippen MR) is 89.7 cm³/mol. The lowest BCUT2D eigenvalue weighted by atomic mass is 9.91. The van der Waals surface area contributed by atoms with Gasteiger partial charge in [0.1, 0.15) is 0 Å². The molecule has 1 heterocycles. The molecule has 0 amide bonds. The molecule has 5 nitrogen and oxygen atoms in total. The fourth-order valence-corrected chi connectivity index (χ4v) is 5.24. The van der Waals surface area contributed by atoms with Gasteiger partial charge in [0, 0.05) is 25.7 Å². The second-order valence-corrected chi connectivity index (χ2v) is 8.46. The van der Waals surface area contributed by atoms with E-state index in [4.69, 9.17) is 0 Å². The fraction of sp³-hybridized carbons (Fsp3) is 0.647. The highest BCUT2D eigenvalue weighted by Crippen LogP contribution is 2.25. The summed E-state index contributed by atoms with van der Waals surface area (Å²) < 4.78 is 27.1. The number of sulfonamides is 1. The van der Waals surface area contributed by atoms with Crippen LogP contribution in [0.1, 0.15) is 32.1 Å². The minimum Gasteiger partial charge on any atom is -0.391 e. The zero-order valence-corrected chi connectivity index (χ0v) is 14.3. The third-order valence-corrected chi connectivity index (χ3v) is 6.95. The lowest BCUT2D eigenvalue weighted by molar-refractivity contribution is 0.0223. The smallest absolute Gasteiger partial charge is 0.243 e. The van der Waals surface area contributed by atoms with E-state index in [9.17, 15) is 13.5 Å². The van der Waals surface area contributed by atoms with Crippen molar-refractivity contribution >= 4 is 10.0 Å². The third kappa shape index (κ3) is 3.76. The van der Waals surface area contributed by atoms with Gasteiger partial charge in [-0.1, -0.05) is 31.0 Å². The Morgan fingerprint density at radius 3 is 2.39 bits per heavy atom. The second-order valence-electron chi connectivity index (χ2n) is 6.53. The quantitative estimate of drug-likeness (QED) is 0.911. The van der Waals surface area contributed by atoms with E-state index in [1.54, 1.807) is 28.6 Å². The molecule has 1 aliphatic heterocycles. The first kappa shape index (κ1) is 16.9. The Morgan fingerprint density at radius 1 is 0.913 bits per heavy atom. The number of aliphatic hydroxyl groups is 1. The van der Waals surface area contributed by atoms with Crippen LogP contribution in [-0.2, 0) is 10.0 Å². The number of benzene rings is 1. The molecule has 1 saturated heterocycles. The molecule has 2 aliphatic rings. The molecule has 23 heavy (non-hydrogen) atoms. The zero-order valence-electron chi connectivity index (χ0n) is 13.5. The van der Waals surface area contributed by atoms with E-state index in [0.29, 0.717) is 24.5 Å². The highest BCUT2D eigenvalue weighted by atomic mass is 32.2. The van der Waals surface area contributed by atoms with Crippen LogP contribution >= 0.6 is 0 Å². The molecule has 0 bridgehead atoms. The maximum atomic E-state index is 12.7. The van der Waals surface area contributed by atoms with Crippen LogP contribution in [-0.4, -0.2) is 61.1 Å². The highest BCUT2D eigenvalue weighted by molar-refractivity contribution is 7.89. The molecule has 1 saturated carbocycles. The van der Waals surface area contributed by atoms with Gasteiger partial charge >= 0.3 is 0 Å². The molecule has 2 atom stereocenters. The summed E-state index contributed by atoms with van der Waals surface area (Å²) in [6, 6.07) is 8.85. The summed E-state index contributed by atoms with van der Waals surface area (Å²) in [7, 11) is -3.41. The first-order valence-corrected chi connectivity index (χ1v) is 10.0. The summed E-state index contributed by atoms with van der Waals surface area (Å²) in [5.74, 6) is 0. The lowest BCUT2D eigenvalue weighted by Gasteiger charge is -2.37. The highest BCUT2D eigenvalue weighted by Gasteiger charge is 2.32. The summed E-state index contributed by atoms with van der Waals surface area (Å²) in [4.78, 5) is 2.66. The maximum absolute atomic E-state index is 12.7. The number of rotatable bonds is 3. The first-order valence-electron chi connectivity index (χ1n) is 8.56. The van der Waals surface area contributed by atoms with Gasteiger partial charge in [-0.2, -0.15) is 4.31 Å². The minimum atomic E-state index is -3.41. The monoisotopic (exact) mass is 338 g/mol. The van der Waals surface area contributed by atoms with E-state index in [-0.39, 0.29) is 12.1 Å². The van der Waals surface area contributed by atoms with Crippen molar-refractivity contribution in [2.24, 2.45) is 0 Å². The van der Waals surface area contributed by atoms with Crippen molar-refractivity contribution in [2.45, 2.75) is 49.1 Å². The van der Waals surface area contributed by atoms with Gasteiger partial charge < -0.3 is 5.11 Å². The van der Waals surface area contributed by atoms with Crippen LogP contribution in [0.5, 0.6) is 0 Å². The topological polar surface area (TPSA) is 60.9 Å². The van der Waals surface area contributed by atoms with Gasteiger partial charge in [-0.25, -0.2) is 8.42 Å². The molecule has 3 rings (SSSR count). The first-order chi connectivity index (χ1) is 11.1. The van der Waals surface area contributed by atoms with Crippen molar-refractivity contribution in [3.05, 3.63) is 30.3 Å². The van der Waals surface area contributed by atoms with Crippen molar-refractivity contribution in [2.75, 3.05) is 26.2 Å². The Bertz CT molecular complexity index is 606. The van der Waals surface area contributed by atoms with Gasteiger partial charge in [0.25, 0.3) is 0 Å². The Kier molecular flexibility index (Phi) is 5.36. The van der Waals surface area contributed by atoms with E-state index in [1.807, 2.05) is 6.07 Å². The molecule has 1 aromatic carbocycles. The molecular weight excluding hydrogens is 312 g/mol. The molecule has 0 aromatic heterocycles. The van der Waals surface area contributed by atoms with Gasteiger partial charge in [0.05, 0.1) is 11.0 Å². The number of hydrogen-bond donors (Lipinski definition) is 1. The molecule has 2 unspecified atom stereocenters. The van der Waals surface area contributed by atoms with Crippen LogP contribution in [0.4, 0.5) is 0 Å². The number of aliphatic hydroxyl groups excluding tert-OH is 1. The summed E-state index contributed by atoms with van der Waals surface area (Å²) in [5.41, 5.74) is 0. The van der Waals surface area contributed by atoms with Crippen molar-refractivity contribution in [1.29, 1.82) is 0 Å². The summed E-state index contributed by atoms with van der Waals surface area (Å²) >= 11 is 0. The summed E-state index contributed by atoms with van der Waals surface area (Å²) in [5, 5.41) is 10.2. The number of hydrogen-bond acceptors (Lipinski definition) is 4. The molecule has 2 fully saturated rings. The lowest BCUT2D eigenvalue weighted by Crippen LogP contribution is -2.47. The average molecular weight is 338 g/mol. The minimum absolute atomic E-state index is 0.197. The average Bonchev–Trinajstić information content (AvgIpc) is 2.83. The van der Waals surface area contributed by atoms with E-state index in [1.165, 1.54) is 0 Å². The van der Waals surface area contributed by atoms with Crippen LogP contribution in [0.3, 0.4) is 0 Å². The zero-order chi connectivity index (χ0) is 16.3. The second kappa shape index (κ2) is 7.30. The standard InChI is InChI=1S/C17H26N2O3S/c20-17-10-5-4-9-16(17)18-11-6-12-19(14-13-18)23(21,22)15-7-2-1-3-8-15/h1-3,7-8,16-17,20H,4-6,9-14H2. The normalized spacial score (nSPS) is 28.4. The Hall–Kier alpha value is -0.950. The van der Waals surface area contributed by atoms with Crippen molar-refractivity contribution in [1.82, 2.24) is 9.21 Å². The van der Waals surface area contributed by atoms with Crippen LogP contribution in [0.15, 0.2) is 35.2 Å². The summed E-state index contributed by atoms with van der Waals surface area (Å²) in [6.45, 7) is 2.62. The molecule has 1 N–H and O–H groups in total.